The van der Waals surface area contributed by atoms with Gasteiger partial charge in [-0.25, -0.2) is 4.98 Å². The van der Waals surface area contributed by atoms with Crippen LogP contribution in [-0.4, -0.2) is 39.3 Å². The second kappa shape index (κ2) is 6.22. The molecule has 0 spiro atoms. The maximum atomic E-state index is 11.4. The van der Waals surface area contributed by atoms with E-state index >= 15 is 0 Å². The van der Waals surface area contributed by atoms with E-state index in [2.05, 4.69) is 48.1 Å². The van der Waals surface area contributed by atoms with Gasteiger partial charge in [0.05, 0.1) is 0 Å². The molecule has 0 saturated carbocycles. The van der Waals surface area contributed by atoms with Crippen molar-refractivity contribution in [3.05, 3.63) is 23.4 Å². The van der Waals surface area contributed by atoms with Gasteiger partial charge in [0.15, 0.2) is 0 Å². The first-order valence-corrected chi connectivity index (χ1v) is 8.65. The Hall–Kier alpha value is -0.940. The minimum Gasteiger partial charge on any atom is -0.355 e. The molecule has 1 N–H and O–H groups in total. The highest BCUT2D eigenvalue weighted by atomic mass is 32.2. The number of aryl methyl sites for hydroxylation is 1. The summed E-state index contributed by atoms with van der Waals surface area (Å²) in [6, 6.07) is 4.28. The van der Waals surface area contributed by atoms with Crippen molar-refractivity contribution in [2.45, 2.75) is 39.8 Å². The van der Waals surface area contributed by atoms with Crippen molar-refractivity contribution >= 4 is 16.6 Å². The lowest BCUT2D eigenvalue weighted by Crippen LogP contribution is -2.38. The normalized spacial score (nSPS) is 17.5. The summed E-state index contributed by atoms with van der Waals surface area (Å²) >= 11 is 0. The maximum absolute atomic E-state index is 11.4. The van der Waals surface area contributed by atoms with E-state index in [0.29, 0.717) is 0 Å². The van der Waals surface area contributed by atoms with E-state index in [1.807, 2.05) is 6.92 Å². The SMILES string of the molecule is Cc1cc(CNC(C)(C)C)cc(N2CCS(=O)CC2)n1. The van der Waals surface area contributed by atoms with E-state index in [1.54, 1.807) is 0 Å². The van der Waals surface area contributed by atoms with Gasteiger partial charge in [0.25, 0.3) is 0 Å². The Morgan fingerprint density at radius 2 is 1.95 bits per heavy atom. The summed E-state index contributed by atoms with van der Waals surface area (Å²) in [5.41, 5.74) is 2.41. The smallest absolute Gasteiger partial charge is 0.129 e. The van der Waals surface area contributed by atoms with E-state index in [4.69, 9.17) is 0 Å². The molecule has 4 nitrogen and oxygen atoms in total. The molecule has 2 heterocycles. The number of nitrogens with one attached hydrogen (secondary N) is 1. The average Bonchev–Trinajstić information content (AvgIpc) is 2.36. The zero-order valence-electron chi connectivity index (χ0n) is 12.9. The maximum Gasteiger partial charge on any atom is 0.129 e. The quantitative estimate of drug-likeness (QED) is 0.924. The lowest BCUT2D eigenvalue weighted by Gasteiger charge is -2.28. The molecule has 1 aliphatic rings. The zero-order valence-corrected chi connectivity index (χ0v) is 13.7. The monoisotopic (exact) mass is 295 g/mol. The molecule has 20 heavy (non-hydrogen) atoms. The first-order valence-electron chi connectivity index (χ1n) is 7.16. The van der Waals surface area contributed by atoms with E-state index < -0.39 is 10.8 Å². The third-order valence-corrected chi connectivity index (χ3v) is 4.60. The number of anilines is 1. The van der Waals surface area contributed by atoms with Crippen LogP contribution in [0.5, 0.6) is 0 Å². The van der Waals surface area contributed by atoms with Crippen molar-refractivity contribution in [2.75, 3.05) is 29.5 Å². The molecule has 0 amide bonds. The Bertz CT molecular complexity index is 486. The van der Waals surface area contributed by atoms with E-state index in [9.17, 15) is 4.21 Å². The largest absolute Gasteiger partial charge is 0.355 e. The first kappa shape index (κ1) is 15.4. The number of hydrogen-bond donors (Lipinski definition) is 1. The summed E-state index contributed by atoms with van der Waals surface area (Å²) < 4.78 is 11.4. The third kappa shape index (κ3) is 4.56. The van der Waals surface area contributed by atoms with Crippen LogP contribution in [0.25, 0.3) is 0 Å². The Balaban J connectivity index is 2.10. The topological polar surface area (TPSA) is 45.2 Å². The summed E-state index contributed by atoms with van der Waals surface area (Å²) in [4.78, 5) is 6.87. The number of hydrogen-bond acceptors (Lipinski definition) is 4. The van der Waals surface area contributed by atoms with Gasteiger partial charge in [-0.3, -0.25) is 4.21 Å². The molecule has 1 fully saturated rings. The van der Waals surface area contributed by atoms with Crippen LogP contribution in [0.4, 0.5) is 5.82 Å². The van der Waals surface area contributed by atoms with Gasteiger partial charge in [-0.1, -0.05) is 0 Å². The van der Waals surface area contributed by atoms with Crippen LogP contribution in [0.15, 0.2) is 12.1 Å². The van der Waals surface area contributed by atoms with Gasteiger partial charge in [-0.05, 0) is 45.4 Å². The second-order valence-corrected chi connectivity index (χ2v) is 8.11. The van der Waals surface area contributed by atoms with Gasteiger partial charge in [0.2, 0.25) is 0 Å². The predicted octanol–water partition coefficient (Wildman–Crippen LogP) is 1.85. The second-order valence-electron chi connectivity index (χ2n) is 6.41. The van der Waals surface area contributed by atoms with Gasteiger partial charge >= 0.3 is 0 Å². The number of rotatable bonds is 3. The molecule has 0 bridgehead atoms. The van der Waals surface area contributed by atoms with Gasteiger partial charge in [0, 0.05) is 53.2 Å². The number of aromatic nitrogens is 1. The van der Waals surface area contributed by atoms with Crippen molar-refractivity contribution in [3.8, 4) is 0 Å². The minimum atomic E-state index is -0.642. The Morgan fingerprint density at radius 3 is 2.55 bits per heavy atom. The molecule has 1 aromatic rings. The Kier molecular flexibility index (Phi) is 4.81. The van der Waals surface area contributed by atoms with Crippen molar-refractivity contribution in [2.24, 2.45) is 0 Å². The standard InChI is InChI=1S/C15H25N3OS/c1-12-9-13(11-16-15(2,3)4)10-14(17-12)18-5-7-20(19)8-6-18/h9-10,16H,5-8,11H2,1-4H3. The lowest BCUT2D eigenvalue weighted by atomic mass is 10.1. The van der Waals surface area contributed by atoms with Gasteiger partial charge < -0.3 is 10.2 Å². The molecular formula is C15H25N3OS. The van der Waals surface area contributed by atoms with Crippen LogP contribution < -0.4 is 10.2 Å². The molecular weight excluding hydrogens is 270 g/mol. The Morgan fingerprint density at radius 1 is 1.30 bits per heavy atom. The van der Waals surface area contributed by atoms with Crippen molar-refractivity contribution < 1.29 is 4.21 Å². The highest BCUT2D eigenvalue weighted by Crippen LogP contribution is 2.17. The molecule has 5 heteroatoms. The fraction of sp³-hybridized carbons (Fsp3) is 0.667. The van der Waals surface area contributed by atoms with Crippen LogP contribution in [0.1, 0.15) is 32.0 Å². The highest BCUT2D eigenvalue weighted by Gasteiger charge is 2.17. The molecule has 1 aromatic heterocycles. The Labute approximate surface area is 124 Å². The van der Waals surface area contributed by atoms with Crippen LogP contribution in [0.3, 0.4) is 0 Å². The third-order valence-electron chi connectivity index (χ3n) is 3.32. The van der Waals surface area contributed by atoms with Crippen LogP contribution in [0.2, 0.25) is 0 Å². The summed E-state index contributed by atoms with van der Waals surface area (Å²) in [6.45, 7) is 11.1. The first-order chi connectivity index (χ1) is 9.33. The van der Waals surface area contributed by atoms with Crippen molar-refractivity contribution in [1.82, 2.24) is 10.3 Å². The molecule has 0 aromatic carbocycles. The molecule has 2 rings (SSSR count). The summed E-state index contributed by atoms with van der Waals surface area (Å²) in [6.07, 6.45) is 0. The predicted molar refractivity (Wildman–Crippen MR) is 85.7 cm³/mol. The van der Waals surface area contributed by atoms with E-state index in [1.165, 1.54) is 5.56 Å². The molecule has 0 atom stereocenters. The summed E-state index contributed by atoms with van der Waals surface area (Å²) in [5, 5.41) is 3.51. The fourth-order valence-electron chi connectivity index (χ4n) is 2.22. The summed E-state index contributed by atoms with van der Waals surface area (Å²) in [7, 11) is -0.642. The number of nitrogens with zero attached hydrogens (tertiary/aromatic N) is 2. The average molecular weight is 295 g/mol. The molecule has 0 radical (unpaired) electrons. The molecule has 1 saturated heterocycles. The van der Waals surface area contributed by atoms with Crippen molar-refractivity contribution in [3.63, 3.8) is 0 Å². The van der Waals surface area contributed by atoms with E-state index in [0.717, 1.165) is 42.7 Å². The molecule has 1 aliphatic heterocycles. The van der Waals surface area contributed by atoms with E-state index in [-0.39, 0.29) is 5.54 Å². The summed E-state index contributed by atoms with van der Waals surface area (Å²) in [5.74, 6) is 2.53. The fourth-order valence-corrected chi connectivity index (χ4v) is 3.27. The number of pyridine rings is 1. The van der Waals surface area contributed by atoms with Crippen LogP contribution in [0, 0.1) is 6.92 Å². The lowest BCUT2D eigenvalue weighted by molar-refractivity contribution is 0.424. The van der Waals surface area contributed by atoms with Gasteiger partial charge in [0.1, 0.15) is 5.82 Å². The zero-order chi connectivity index (χ0) is 14.8. The molecule has 112 valence electrons. The molecule has 0 unspecified atom stereocenters. The minimum absolute atomic E-state index is 0.110. The molecule has 0 aliphatic carbocycles. The van der Waals surface area contributed by atoms with Crippen molar-refractivity contribution in [1.29, 1.82) is 0 Å². The van der Waals surface area contributed by atoms with Gasteiger partial charge in [-0.15, -0.1) is 0 Å². The van der Waals surface area contributed by atoms with Crippen LogP contribution in [-0.2, 0) is 17.3 Å². The van der Waals surface area contributed by atoms with Gasteiger partial charge in [-0.2, -0.15) is 0 Å². The highest BCUT2D eigenvalue weighted by molar-refractivity contribution is 7.85. The van der Waals surface area contributed by atoms with Crippen LogP contribution >= 0.6 is 0 Å².